The third kappa shape index (κ3) is 2.93. The molecule has 18 heavy (non-hydrogen) atoms. The normalized spacial score (nSPS) is 21.5. The highest BCUT2D eigenvalue weighted by Crippen LogP contribution is 2.40. The number of hydrogen-bond acceptors (Lipinski definition) is 3. The molecule has 2 unspecified atom stereocenters. The first-order valence-corrected chi connectivity index (χ1v) is 6.24. The molecule has 1 aliphatic carbocycles. The first kappa shape index (κ1) is 13.1. The van der Waals surface area contributed by atoms with Crippen LogP contribution in [-0.2, 0) is 9.53 Å². The topological polar surface area (TPSA) is 35.5 Å². The third-order valence-corrected chi connectivity index (χ3v) is 3.17. The molecule has 0 amide bonds. The van der Waals surface area contributed by atoms with Gasteiger partial charge in [0.05, 0.1) is 24.2 Å². The minimum Gasteiger partial charge on any atom is -0.489 e. The second kappa shape index (κ2) is 5.57. The molecule has 1 aromatic rings. The summed E-state index contributed by atoms with van der Waals surface area (Å²) in [5.74, 6) is -0.662. The predicted molar refractivity (Wildman–Crippen MR) is 65.1 cm³/mol. The summed E-state index contributed by atoms with van der Waals surface area (Å²) >= 11 is 5.83. The van der Waals surface area contributed by atoms with Crippen LogP contribution < -0.4 is 4.74 Å². The maximum absolute atomic E-state index is 13.4. The fraction of sp³-hybridized carbons (Fsp3) is 0.462. The molecule has 5 heteroatoms. The monoisotopic (exact) mass is 272 g/mol. The molecule has 0 heterocycles. The molecule has 1 aliphatic rings. The average molecular weight is 273 g/mol. The van der Waals surface area contributed by atoms with Gasteiger partial charge >= 0.3 is 5.97 Å². The highest BCUT2D eigenvalue weighted by molar-refractivity contribution is 6.32. The van der Waals surface area contributed by atoms with Crippen molar-refractivity contribution in [3.63, 3.8) is 0 Å². The number of rotatable bonds is 5. The summed E-state index contributed by atoms with van der Waals surface area (Å²) in [6.45, 7) is 2.43. The van der Waals surface area contributed by atoms with Crippen LogP contribution >= 0.6 is 11.6 Å². The van der Waals surface area contributed by atoms with Crippen molar-refractivity contribution in [2.24, 2.45) is 11.8 Å². The molecular formula is C13H14ClFO3. The van der Waals surface area contributed by atoms with Gasteiger partial charge in [0.2, 0.25) is 0 Å². The fourth-order valence-electron chi connectivity index (χ4n) is 1.78. The molecule has 0 bridgehead atoms. The van der Waals surface area contributed by atoms with Gasteiger partial charge in [0.1, 0.15) is 0 Å². The van der Waals surface area contributed by atoms with Crippen molar-refractivity contribution in [3.05, 3.63) is 29.0 Å². The molecule has 0 radical (unpaired) electrons. The van der Waals surface area contributed by atoms with Crippen molar-refractivity contribution in [2.45, 2.75) is 13.3 Å². The van der Waals surface area contributed by atoms with E-state index in [0.717, 1.165) is 6.42 Å². The van der Waals surface area contributed by atoms with Crippen LogP contribution in [0.2, 0.25) is 5.02 Å². The molecule has 3 nitrogen and oxygen atoms in total. The minimum atomic E-state index is -0.490. The molecule has 0 N–H and O–H groups in total. The van der Waals surface area contributed by atoms with Crippen LogP contribution in [0.1, 0.15) is 13.3 Å². The van der Waals surface area contributed by atoms with Crippen LogP contribution in [0.25, 0.3) is 0 Å². The Hall–Kier alpha value is -1.29. The summed E-state index contributed by atoms with van der Waals surface area (Å²) in [7, 11) is 0. The fourth-order valence-corrected chi connectivity index (χ4v) is 2.00. The molecule has 1 saturated carbocycles. The molecule has 0 saturated heterocycles. The van der Waals surface area contributed by atoms with Gasteiger partial charge < -0.3 is 9.47 Å². The van der Waals surface area contributed by atoms with Crippen molar-refractivity contribution in [1.29, 1.82) is 0 Å². The highest BCUT2D eigenvalue weighted by atomic mass is 35.5. The lowest BCUT2D eigenvalue weighted by atomic mass is 10.3. The van der Waals surface area contributed by atoms with E-state index in [-0.39, 0.29) is 35.2 Å². The Morgan fingerprint density at radius 2 is 2.33 bits per heavy atom. The lowest BCUT2D eigenvalue weighted by Gasteiger charge is -2.08. The van der Waals surface area contributed by atoms with Crippen LogP contribution in [-0.4, -0.2) is 19.2 Å². The third-order valence-electron chi connectivity index (χ3n) is 2.87. The van der Waals surface area contributed by atoms with Gasteiger partial charge in [-0.2, -0.15) is 0 Å². The Morgan fingerprint density at radius 3 is 3.00 bits per heavy atom. The minimum absolute atomic E-state index is 0.0497. The Labute approximate surface area is 110 Å². The number of ether oxygens (including phenoxy) is 2. The van der Waals surface area contributed by atoms with Crippen LogP contribution in [0.5, 0.6) is 5.75 Å². The number of benzene rings is 1. The van der Waals surface area contributed by atoms with E-state index in [9.17, 15) is 9.18 Å². The van der Waals surface area contributed by atoms with Crippen LogP contribution in [0.4, 0.5) is 4.39 Å². The molecule has 98 valence electrons. The summed E-state index contributed by atoms with van der Waals surface area (Å²) in [5.41, 5.74) is 0. The summed E-state index contributed by atoms with van der Waals surface area (Å²) in [6.07, 6.45) is 0.727. The Balaban J connectivity index is 1.85. The molecule has 2 atom stereocenters. The number of para-hydroxylation sites is 1. The zero-order valence-corrected chi connectivity index (χ0v) is 10.7. The van der Waals surface area contributed by atoms with Crippen LogP contribution in [0.3, 0.4) is 0 Å². The zero-order valence-electron chi connectivity index (χ0n) is 9.99. The number of halogens is 2. The van der Waals surface area contributed by atoms with E-state index >= 15 is 0 Å². The first-order chi connectivity index (χ1) is 8.63. The molecule has 2 rings (SSSR count). The summed E-state index contributed by atoms with van der Waals surface area (Å²) in [5, 5.41) is 0.239. The van der Waals surface area contributed by atoms with E-state index in [0.29, 0.717) is 6.61 Å². The summed E-state index contributed by atoms with van der Waals surface area (Å²) in [6, 6.07) is 4.37. The number of esters is 1. The van der Waals surface area contributed by atoms with E-state index in [2.05, 4.69) is 0 Å². The van der Waals surface area contributed by atoms with E-state index < -0.39 is 5.82 Å². The van der Waals surface area contributed by atoms with Crippen molar-refractivity contribution in [2.75, 3.05) is 13.2 Å². The molecule has 1 aromatic carbocycles. The van der Waals surface area contributed by atoms with E-state index in [1.54, 1.807) is 13.0 Å². The maximum Gasteiger partial charge on any atom is 0.309 e. The number of carbonyl (C=O) groups is 1. The van der Waals surface area contributed by atoms with Gasteiger partial charge in [-0.1, -0.05) is 17.7 Å². The van der Waals surface area contributed by atoms with E-state index in [4.69, 9.17) is 21.1 Å². The van der Waals surface area contributed by atoms with Gasteiger partial charge in [0.25, 0.3) is 0 Å². The Kier molecular flexibility index (Phi) is 4.07. The van der Waals surface area contributed by atoms with Gasteiger partial charge in [0.15, 0.2) is 11.6 Å². The maximum atomic E-state index is 13.4. The smallest absolute Gasteiger partial charge is 0.309 e. The highest BCUT2D eigenvalue weighted by Gasteiger charge is 2.44. The van der Waals surface area contributed by atoms with Crippen molar-refractivity contribution in [3.8, 4) is 5.75 Å². The van der Waals surface area contributed by atoms with Crippen molar-refractivity contribution in [1.82, 2.24) is 0 Å². The SMILES string of the molecule is CCOC(=O)C1CC1COc1c(F)cccc1Cl. The second-order valence-electron chi connectivity index (χ2n) is 4.22. The number of carbonyl (C=O) groups excluding carboxylic acids is 1. The molecule has 1 fully saturated rings. The molecule has 0 aliphatic heterocycles. The lowest BCUT2D eigenvalue weighted by Crippen LogP contribution is -2.11. The van der Waals surface area contributed by atoms with Gasteiger partial charge in [-0.3, -0.25) is 4.79 Å². The van der Waals surface area contributed by atoms with Crippen LogP contribution in [0, 0.1) is 17.7 Å². The molecule has 0 aromatic heterocycles. The van der Waals surface area contributed by atoms with E-state index in [1.807, 2.05) is 0 Å². The van der Waals surface area contributed by atoms with E-state index in [1.165, 1.54) is 12.1 Å². The van der Waals surface area contributed by atoms with Gasteiger partial charge in [-0.25, -0.2) is 4.39 Å². The van der Waals surface area contributed by atoms with Gasteiger partial charge in [-0.05, 0) is 25.5 Å². The van der Waals surface area contributed by atoms with Crippen molar-refractivity contribution >= 4 is 17.6 Å². The molecular weight excluding hydrogens is 259 g/mol. The zero-order chi connectivity index (χ0) is 13.1. The standard InChI is InChI=1S/C13H14ClFO3/c1-2-17-13(16)9-6-8(9)7-18-12-10(14)4-3-5-11(12)15/h3-5,8-9H,2,6-7H2,1H3. The summed E-state index contributed by atoms with van der Waals surface area (Å²) < 4.78 is 23.6. The number of hydrogen-bond donors (Lipinski definition) is 0. The van der Waals surface area contributed by atoms with Gasteiger partial charge in [0, 0.05) is 5.92 Å². The Morgan fingerprint density at radius 1 is 1.56 bits per heavy atom. The first-order valence-electron chi connectivity index (χ1n) is 5.87. The quantitative estimate of drug-likeness (QED) is 0.773. The summed E-state index contributed by atoms with van der Waals surface area (Å²) in [4.78, 5) is 11.4. The predicted octanol–water partition coefficient (Wildman–Crippen LogP) is 3.06. The van der Waals surface area contributed by atoms with Gasteiger partial charge in [-0.15, -0.1) is 0 Å². The van der Waals surface area contributed by atoms with Crippen LogP contribution in [0.15, 0.2) is 18.2 Å². The Bertz CT molecular complexity index is 430. The van der Waals surface area contributed by atoms with Crippen molar-refractivity contribution < 1.29 is 18.7 Å². The molecule has 0 spiro atoms. The largest absolute Gasteiger partial charge is 0.489 e. The average Bonchev–Trinajstić information content (AvgIpc) is 3.08. The second-order valence-corrected chi connectivity index (χ2v) is 4.62. The lowest BCUT2D eigenvalue weighted by molar-refractivity contribution is -0.145.